The molecule has 1 aromatic carbocycles. The zero-order valence-electron chi connectivity index (χ0n) is 11.9. The Balaban J connectivity index is 2.30. The lowest BCUT2D eigenvalue weighted by Crippen LogP contribution is -2.06. The van der Waals surface area contributed by atoms with Crippen molar-refractivity contribution in [3.63, 3.8) is 0 Å². The van der Waals surface area contributed by atoms with Gasteiger partial charge in [0.25, 0.3) is 0 Å². The standard InChI is InChI=1S/C15H19BrO5/c1-2-20-14(17)6-4-3-5-9-21-13-8-7-11(16)10-12(13)15(18)19/h7-8,10H,2-6,9H2,1H3,(H,18,19). The van der Waals surface area contributed by atoms with Crippen molar-refractivity contribution in [1.82, 2.24) is 0 Å². The third-order valence-corrected chi connectivity index (χ3v) is 3.25. The second kappa shape index (κ2) is 9.39. The van der Waals surface area contributed by atoms with Gasteiger partial charge in [0.05, 0.1) is 13.2 Å². The number of ether oxygens (including phenoxy) is 2. The van der Waals surface area contributed by atoms with Crippen molar-refractivity contribution in [1.29, 1.82) is 0 Å². The smallest absolute Gasteiger partial charge is 0.339 e. The summed E-state index contributed by atoms with van der Waals surface area (Å²) in [6.45, 7) is 2.61. The van der Waals surface area contributed by atoms with Crippen molar-refractivity contribution >= 4 is 27.9 Å². The van der Waals surface area contributed by atoms with Crippen molar-refractivity contribution in [2.24, 2.45) is 0 Å². The lowest BCUT2D eigenvalue weighted by molar-refractivity contribution is -0.143. The number of carboxylic acids is 1. The molecule has 0 aromatic heterocycles. The summed E-state index contributed by atoms with van der Waals surface area (Å²) >= 11 is 3.23. The number of carboxylic acid groups (broad SMARTS) is 1. The number of esters is 1. The molecule has 0 aliphatic rings. The van der Waals surface area contributed by atoms with Gasteiger partial charge in [0.1, 0.15) is 11.3 Å². The van der Waals surface area contributed by atoms with E-state index in [0.29, 0.717) is 29.9 Å². The third-order valence-electron chi connectivity index (χ3n) is 2.76. The van der Waals surface area contributed by atoms with Gasteiger partial charge in [-0.1, -0.05) is 15.9 Å². The minimum Gasteiger partial charge on any atom is -0.493 e. The molecule has 5 nitrogen and oxygen atoms in total. The number of rotatable bonds is 9. The van der Waals surface area contributed by atoms with Crippen LogP contribution >= 0.6 is 15.9 Å². The van der Waals surface area contributed by atoms with Crippen LogP contribution in [0.25, 0.3) is 0 Å². The number of hydrogen-bond donors (Lipinski definition) is 1. The molecule has 0 saturated heterocycles. The fraction of sp³-hybridized carbons (Fsp3) is 0.467. The number of carbonyl (C=O) groups excluding carboxylic acids is 1. The largest absolute Gasteiger partial charge is 0.493 e. The maximum atomic E-state index is 11.1. The highest BCUT2D eigenvalue weighted by Crippen LogP contribution is 2.23. The SMILES string of the molecule is CCOC(=O)CCCCCOc1ccc(Br)cc1C(=O)O. The first-order valence-electron chi connectivity index (χ1n) is 6.86. The van der Waals surface area contributed by atoms with Crippen LogP contribution in [0.15, 0.2) is 22.7 Å². The molecule has 1 N–H and O–H groups in total. The van der Waals surface area contributed by atoms with Crippen molar-refractivity contribution in [3.8, 4) is 5.75 Å². The Bertz CT molecular complexity index is 487. The molecule has 0 fully saturated rings. The van der Waals surface area contributed by atoms with E-state index in [-0.39, 0.29) is 11.5 Å². The van der Waals surface area contributed by atoms with Crippen molar-refractivity contribution in [2.45, 2.75) is 32.6 Å². The zero-order valence-corrected chi connectivity index (χ0v) is 13.5. The van der Waals surface area contributed by atoms with Crippen LogP contribution in [-0.4, -0.2) is 30.3 Å². The Kier molecular flexibility index (Phi) is 7.82. The number of carbonyl (C=O) groups is 2. The Morgan fingerprint density at radius 3 is 2.67 bits per heavy atom. The Morgan fingerprint density at radius 2 is 2.00 bits per heavy atom. The first kappa shape index (κ1) is 17.5. The molecule has 0 heterocycles. The molecule has 0 saturated carbocycles. The summed E-state index contributed by atoms with van der Waals surface area (Å²) < 4.78 is 11.0. The van der Waals surface area contributed by atoms with Crippen LogP contribution in [-0.2, 0) is 9.53 Å². The number of halogens is 1. The van der Waals surface area contributed by atoms with E-state index in [2.05, 4.69) is 15.9 Å². The molecule has 0 amide bonds. The number of hydrogen-bond acceptors (Lipinski definition) is 4. The molecule has 6 heteroatoms. The highest BCUT2D eigenvalue weighted by Gasteiger charge is 2.11. The fourth-order valence-corrected chi connectivity index (χ4v) is 2.12. The van der Waals surface area contributed by atoms with Gasteiger partial charge in [0, 0.05) is 10.9 Å². The summed E-state index contributed by atoms with van der Waals surface area (Å²) in [6.07, 6.45) is 2.74. The predicted octanol–water partition coefficient (Wildman–Crippen LogP) is 3.65. The Hall–Kier alpha value is -1.56. The summed E-state index contributed by atoms with van der Waals surface area (Å²) in [5.74, 6) is -0.843. The van der Waals surface area contributed by atoms with E-state index in [1.807, 2.05) is 0 Å². The van der Waals surface area contributed by atoms with Crippen LogP contribution in [0.4, 0.5) is 0 Å². The second-order valence-electron chi connectivity index (χ2n) is 4.41. The Labute approximate surface area is 132 Å². The van der Waals surface area contributed by atoms with Gasteiger partial charge in [-0.25, -0.2) is 4.79 Å². The van der Waals surface area contributed by atoms with Crippen LogP contribution in [0, 0.1) is 0 Å². The van der Waals surface area contributed by atoms with Crippen LogP contribution < -0.4 is 4.74 Å². The minimum absolute atomic E-state index is 0.135. The molecule has 0 atom stereocenters. The maximum Gasteiger partial charge on any atom is 0.339 e. The molecule has 21 heavy (non-hydrogen) atoms. The molecule has 1 aromatic rings. The van der Waals surface area contributed by atoms with E-state index < -0.39 is 5.97 Å². The highest BCUT2D eigenvalue weighted by molar-refractivity contribution is 9.10. The first-order valence-corrected chi connectivity index (χ1v) is 7.65. The van der Waals surface area contributed by atoms with E-state index >= 15 is 0 Å². The molecule has 116 valence electrons. The van der Waals surface area contributed by atoms with Crippen molar-refractivity contribution < 1.29 is 24.2 Å². The molecular formula is C15H19BrO5. The minimum atomic E-state index is -1.02. The zero-order chi connectivity index (χ0) is 15.7. The number of unbranched alkanes of at least 4 members (excludes halogenated alkanes) is 2. The topological polar surface area (TPSA) is 72.8 Å². The van der Waals surface area contributed by atoms with E-state index in [1.165, 1.54) is 6.07 Å². The quantitative estimate of drug-likeness (QED) is 0.538. The molecule has 0 spiro atoms. The van der Waals surface area contributed by atoms with Crippen molar-refractivity contribution in [3.05, 3.63) is 28.2 Å². The van der Waals surface area contributed by atoms with Crippen LogP contribution in [0.1, 0.15) is 43.0 Å². The van der Waals surface area contributed by atoms with Crippen LogP contribution in [0.2, 0.25) is 0 Å². The van der Waals surface area contributed by atoms with Gasteiger partial charge < -0.3 is 14.6 Å². The molecule has 0 aliphatic heterocycles. The Morgan fingerprint density at radius 1 is 1.24 bits per heavy atom. The third kappa shape index (κ3) is 6.62. The van der Waals surface area contributed by atoms with E-state index in [4.69, 9.17) is 14.6 Å². The molecule has 0 unspecified atom stereocenters. The first-order chi connectivity index (χ1) is 10.0. The normalized spacial score (nSPS) is 10.2. The van der Waals surface area contributed by atoms with E-state index in [0.717, 1.165) is 19.3 Å². The van der Waals surface area contributed by atoms with Gasteiger partial charge in [0.15, 0.2) is 0 Å². The van der Waals surface area contributed by atoms with Gasteiger partial charge in [-0.15, -0.1) is 0 Å². The van der Waals surface area contributed by atoms with Gasteiger partial charge in [-0.05, 0) is 44.4 Å². The van der Waals surface area contributed by atoms with Gasteiger partial charge in [-0.3, -0.25) is 4.79 Å². The molecule has 0 radical (unpaired) electrons. The van der Waals surface area contributed by atoms with E-state index in [1.54, 1.807) is 19.1 Å². The lowest BCUT2D eigenvalue weighted by Gasteiger charge is -2.09. The van der Waals surface area contributed by atoms with Gasteiger partial charge in [-0.2, -0.15) is 0 Å². The average Bonchev–Trinajstić information content (AvgIpc) is 2.44. The molecule has 1 rings (SSSR count). The molecular weight excluding hydrogens is 340 g/mol. The summed E-state index contributed by atoms with van der Waals surface area (Å²) in [5.41, 5.74) is 0.135. The summed E-state index contributed by atoms with van der Waals surface area (Å²) in [6, 6.07) is 4.88. The second-order valence-corrected chi connectivity index (χ2v) is 5.33. The van der Waals surface area contributed by atoms with Crippen LogP contribution in [0.3, 0.4) is 0 Å². The fourth-order valence-electron chi connectivity index (χ4n) is 1.76. The maximum absolute atomic E-state index is 11.1. The van der Waals surface area contributed by atoms with Crippen LogP contribution in [0.5, 0.6) is 5.75 Å². The molecule has 0 bridgehead atoms. The monoisotopic (exact) mass is 358 g/mol. The summed E-state index contributed by atoms with van der Waals surface area (Å²) in [4.78, 5) is 22.2. The highest BCUT2D eigenvalue weighted by atomic mass is 79.9. The lowest BCUT2D eigenvalue weighted by atomic mass is 10.2. The predicted molar refractivity (Wildman–Crippen MR) is 81.7 cm³/mol. The number of aromatic carboxylic acids is 1. The van der Waals surface area contributed by atoms with Crippen molar-refractivity contribution in [2.75, 3.05) is 13.2 Å². The average molecular weight is 359 g/mol. The number of benzene rings is 1. The molecule has 0 aliphatic carbocycles. The summed E-state index contributed by atoms with van der Waals surface area (Å²) in [5, 5.41) is 9.09. The van der Waals surface area contributed by atoms with Gasteiger partial charge in [0.2, 0.25) is 0 Å². The summed E-state index contributed by atoms with van der Waals surface area (Å²) in [7, 11) is 0. The van der Waals surface area contributed by atoms with Gasteiger partial charge >= 0.3 is 11.9 Å². The van der Waals surface area contributed by atoms with E-state index in [9.17, 15) is 9.59 Å².